The molecule has 6 heteroatoms. The van der Waals surface area contributed by atoms with Crippen molar-refractivity contribution in [1.82, 2.24) is 9.97 Å². The minimum Gasteiger partial charge on any atom is -0.462 e. The van der Waals surface area contributed by atoms with Crippen LogP contribution in [-0.4, -0.2) is 22.6 Å². The highest BCUT2D eigenvalue weighted by atomic mass is 16.5. The van der Waals surface area contributed by atoms with E-state index in [1.54, 1.807) is 6.20 Å². The van der Waals surface area contributed by atoms with Crippen molar-refractivity contribution in [2.45, 2.75) is 26.3 Å². The second-order valence-electron chi connectivity index (χ2n) is 8.97. The lowest BCUT2D eigenvalue weighted by Crippen LogP contribution is -2.31. The van der Waals surface area contributed by atoms with Crippen molar-refractivity contribution in [3.8, 4) is 22.8 Å². The van der Waals surface area contributed by atoms with Gasteiger partial charge < -0.3 is 15.2 Å². The van der Waals surface area contributed by atoms with E-state index < -0.39 is 5.54 Å². The summed E-state index contributed by atoms with van der Waals surface area (Å²) < 4.78 is 11.8. The molecule has 1 spiro atoms. The highest BCUT2D eigenvalue weighted by molar-refractivity contribution is 5.78. The fourth-order valence-electron chi connectivity index (χ4n) is 3.89. The van der Waals surface area contributed by atoms with Crippen molar-refractivity contribution in [3.63, 3.8) is 0 Å². The molecule has 2 aliphatic rings. The van der Waals surface area contributed by atoms with E-state index in [1.807, 2.05) is 36.7 Å². The maximum absolute atomic E-state index is 6.17. The molecule has 31 heavy (non-hydrogen) atoms. The molecule has 2 N–H and O–H groups in total. The lowest BCUT2D eigenvalue weighted by Gasteiger charge is -2.33. The summed E-state index contributed by atoms with van der Waals surface area (Å²) in [5, 5.41) is 0. The molecule has 1 atom stereocenters. The van der Waals surface area contributed by atoms with E-state index in [1.165, 1.54) is 0 Å². The van der Waals surface area contributed by atoms with Crippen molar-refractivity contribution in [2.24, 2.45) is 16.1 Å². The van der Waals surface area contributed by atoms with Crippen molar-refractivity contribution >= 4 is 12.1 Å². The first-order chi connectivity index (χ1) is 14.8. The van der Waals surface area contributed by atoms with Crippen molar-refractivity contribution in [3.05, 3.63) is 77.8 Å². The number of pyridine rings is 2. The van der Waals surface area contributed by atoms with Crippen LogP contribution in [-0.2, 0) is 10.3 Å². The van der Waals surface area contributed by atoms with Gasteiger partial charge in [-0.15, -0.1) is 0 Å². The van der Waals surface area contributed by atoms with E-state index in [0.717, 1.165) is 27.8 Å². The van der Waals surface area contributed by atoms with Crippen molar-refractivity contribution in [1.29, 1.82) is 0 Å². The molecule has 2 aromatic heterocycles. The number of aliphatic imine (C=N–C) groups is 1. The van der Waals surface area contributed by atoms with E-state index in [2.05, 4.69) is 55.0 Å². The monoisotopic (exact) mass is 412 g/mol. The van der Waals surface area contributed by atoms with Gasteiger partial charge in [0.05, 0.1) is 5.56 Å². The molecule has 4 heterocycles. The average molecular weight is 412 g/mol. The van der Waals surface area contributed by atoms with Crippen LogP contribution >= 0.6 is 0 Å². The zero-order chi connectivity index (χ0) is 21.6. The zero-order valence-corrected chi connectivity index (χ0v) is 17.8. The Balaban J connectivity index is 1.67. The first kappa shape index (κ1) is 19.3. The molecule has 1 aromatic carbocycles. The number of nitrogens with two attached hydrogens (primary N) is 1. The van der Waals surface area contributed by atoms with Crippen LogP contribution in [0.5, 0.6) is 11.6 Å². The molecule has 0 saturated heterocycles. The van der Waals surface area contributed by atoms with Crippen LogP contribution in [0.15, 0.2) is 66.1 Å². The molecule has 0 bridgehead atoms. The fourth-order valence-corrected chi connectivity index (χ4v) is 3.89. The number of allylic oxidation sites excluding steroid dienone is 1. The average Bonchev–Trinajstić information content (AvgIpc) is 3.15. The van der Waals surface area contributed by atoms with Gasteiger partial charge in [0.15, 0.2) is 5.54 Å². The van der Waals surface area contributed by atoms with Gasteiger partial charge in [0.2, 0.25) is 5.88 Å². The van der Waals surface area contributed by atoms with E-state index in [0.29, 0.717) is 18.2 Å². The van der Waals surface area contributed by atoms with E-state index >= 15 is 0 Å². The Morgan fingerprint density at radius 3 is 2.65 bits per heavy atom. The normalized spacial score (nSPS) is 19.5. The highest BCUT2D eigenvalue weighted by Gasteiger charge is 2.47. The van der Waals surface area contributed by atoms with Crippen LogP contribution in [0.4, 0.5) is 0 Å². The van der Waals surface area contributed by atoms with Gasteiger partial charge in [0.25, 0.3) is 6.02 Å². The van der Waals surface area contributed by atoms with E-state index in [-0.39, 0.29) is 11.4 Å². The molecule has 5 rings (SSSR count). The predicted molar refractivity (Wildman–Crippen MR) is 121 cm³/mol. The summed E-state index contributed by atoms with van der Waals surface area (Å²) in [4.78, 5) is 13.6. The number of benzene rings is 1. The third-order valence-electron chi connectivity index (χ3n) is 5.45. The van der Waals surface area contributed by atoms with Crippen LogP contribution in [0.2, 0.25) is 0 Å². The number of hydrogen-bond donors (Lipinski definition) is 1. The molecule has 3 aromatic rings. The summed E-state index contributed by atoms with van der Waals surface area (Å²) in [5.74, 6) is 1.23. The van der Waals surface area contributed by atoms with Gasteiger partial charge in [-0.2, -0.15) is 0 Å². The molecule has 2 aliphatic heterocycles. The number of fused-ring (bicyclic) bond motifs is 4. The molecule has 0 aliphatic carbocycles. The summed E-state index contributed by atoms with van der Waals surface area (Å²) >= 11 is 0. The van der Waals surface area contributed by atoms with Gasteiger partial charge in [-0.1, -0.05) is 45.1 Å². The minimum atomic E-state index is -0.802. The van der Waals surface area contributed by atoms with Crippen LogP contribution < -0.4 is 10.5 Å². The van der Waals surface area contributed by atoms with Gasteiger partial charge in [-0.25, -0.2) is 9.98 Å². The SMILES string of the molecule is CC(C)(C)C=Cc1cnc2c(c1)[C@]1(COC(N)=N1)c1cc(-c3cccnc3)ccc1O2. The van der Waals surface area contributed by atoms with E-state index in [4.69, 9.17) is 20.2 Å². The Morgan fingerprint density at radius 2 is 1.94 bits per heavy atom. The van der Waals surface area contributed by atoms with Gasteiger partial charge >= 0.3 is 0 Å². The third kappa shape index (κ3) is 3.44. The van der Waals surface area contributed by atoms with Gasteiger partial charge in [0.1, 0.15) is 12.4 Å². The number of aromatic nitrogens is 2. The van der Waals surface area contributed by atoms with Gasteiger partial charge in [-0.3, -0.25) is 4.98 Å². The Hall–Kier alpha value is -3.67. The third-order valence-corrected chi connectivity index (χ3v) is 5.45. The quantitative estimate of drug-likeness (QED) is 0.647. The second-order valence-corrected chi connectivity index (χ2v) is 8.97. The smallest absolute Gasteiger partial charge is 0.283 e. The lowest BCUT2D eigenvalue weighted by molar-refractivity contribution is 0.262. The summed E-state index contributed by atoms with van der Waals surface area (Å²) in [6.07, 6.45) is 9.64. The largest absolute Gasteiger partial charge is 0.462 e. The molecule has 0 unspecified atom stereocenters. The first-order valence-electron chi connectivity index (χ1n) is 10.2. The molecule has 0 radical (unpaired) electrons. The maximum atomic E-state index is 6.17. The Labute approximate surface area is 181 Å². The number of hydrogen-bond acceptors (Lipinski definition) is 6. The summed E-state index contributed by atoms with van der Waals surface area (Å²) in [6, 6.07) is 12.2. The van der Waals surface area contributed by atoms with E-state index in [9.17, 15) is 0 Å². The molecule has 6 nitrogen and oxygen atoms in total. The molecule has 0 fully saturated rings. The second kappa shape index (κ2) is 6.94. The highest BCUT2D eigenvalue weighted by Crippen LogP contribution is 2.51. The minimum absolute atomic E-state index is 0.0639. The predicted octanol–water partition coefficient (Wildman–Crippen LogP) is 4.90. The van der Waals surface area contributed by atoms with Crippen molar-refractivity contribution in [2.75, 3.05) is 6.61 Å². The summed E-state index contributed by atoms with van der Waals surface area (Å²) in [6.45, 7) is 6.77. The van der Waals surface area contributed by atoms with Gasteiger partial charge in [0, 0.05) is 29.7 Å². The first-order valence-corrected chi connectivity index (χ1v) is 10.2. The Morgan fingerprint density at radius 1 is 1.06 bits per heavy atom. The zero-order valence-electron chi connectivity index (χ0n) is 17.8. The van der Waals surface area contributed by atoms with Crippen LogP contribution in [0.25, 0.3) is 17.2 Å². The summed E-state index contributed by atoms with van der Waals surface area (Å²) in [7, 11) is 0. The van der Waals surface area contributed by atoms with Gasteiger partial charge in [-0.05, 0) is 40.8 Å². The molecule has 0 amide bonds. The molecule has 0 saturated carbocycles. The number of ether oxygens (including phenoxy) is 2. The number of rotatable bonds is 2. The Bertz CT molecular complexity index is 1210. The summed E-state index contributed by atoms with van der Waals surface area (Å²) in [5.41, 5.74) is 10.0. The topological polar surface area (TPSA) is 82.6 Å². The number of amidine groups is 1. The van der Waals surface area contributed by atoms with Crippen molar-refractivity contribution < 1.29 is 9.47 Å². The van der Waals surface area contributed by atoms with Crippen LogP contribution in [0.3, 0.4) is 0 Å². The standard InChI is InChI=1S/C25H24N4O2/c1-24(2,3)9-8-16-11-20-22(28-13-16)31-21-7-6-17(18-5-4-10-27-14-18)12-19(21)25(20)15-30-23(26)29-25/h4-14H,15H2,1-3H3,(H2,26,29)/t25-/m0/s1. The Kier molecular flexibility index (Phi) is 4.32. The molecular formula is C25H24N4O2. The van der Waals surface area contributed by atoms with Crippen LogP contribution in [0, 0.1) is 5.41 Å². The molecular weight excluding hydrogens is 388 g/mol. The van der Waals surface area contributed by atoms with Crippen LogP contribution in [0.1, 0.15) is 37.5 Å². The number of nitrogens with zero attached hydrogens (tertiary/aromatic N) is 3. The maximum Gasteiger partial charge on any atom is 0.283 e. The molecule has 156 valence electrons. The lowest BCUT2D eigenvalue weighted by atomic mass is 9.81. The fraction of sp³-hybridized carbons (Fsp3) is 0.240.